The zero-order valence-electron chi connectivity index (χ0n) is 18.2. The van der Waals surface area contributed by atoms with Crippen LogP contribution in [0.15, 0.2) is 124 Å². The molecule has 0 unspecified atom stereocenters. The predicted molar refractivity (Wildman–Crippen MR) is 140 cm³/mol. The van der Waals surface area contributed by atoms with Crippen LogP contribution in [0.25, 0.3) is 60.6 Å². The fraction of sp³-hybridized carbons (Fsp3) is 0. The third kappa shape index (κ3) is 2.74. The van der Waals surface area contributed by atoms with Gasteiger partial charge >= 0.3 is 0 Å². The lowest BCUT2D eigenvalue weighted by atomic mass is 10.0. The van der Waals surface area contributed by atoms with Gasteiger partial charge in [0.1, 0.15) is 11.2 Å². The van der Waals surface area contributed by atoms with E-state index in [1.54, 1.807) is 0 Å². The van der Waals surface area contributed by atoms with E-state index < -0.39 is 0 Å². The highest BCUT2D eigenvalue weighted by Crippen LogP contribution is 2.35. The van der Waals surface area contributed by atoms with Gasteiger partial charge in [0.05, 0.1) is 21.8 Å². The molecule has 0 N–H and O–H groups in total. The number of aromatic nitrogens is 1. The van der Waals surface area contributed by atoms with Gasteiger partial charge in [0.2, 0.25) is 5.43 Å². The van der Waals surface area contributed by atoms with Crippen LogP contribution in [-0.4, -0.2) is 4.57 Å². The minimum absolute atomic E-state index is 0.000424. The van der Waals surface area contributed by atoms with Gasteiger partial charge in [-0.05, 0) is 65.7 Å². The summed E-state index contributed by atoms with van der Waals surface area (Å²) in [5, 5.41) is 3.59. The number of nitrogens with zero attached hydrogens (tertiary/aromatic N) is 1. The summed E-state index contributed by atoms with van der Waals surface area (Å²) in [5.74, 6) is 0. The second-order valence-corrected chi connectivity index (χ2v) is 8.56. The van der Waals surface area contributed by atoms with Crippen LogP contribution in [0, 0.1) is 0 Å². The summed E-state index contributed by atoms with van der Waals surface area (Å²) in [5.41, 5.74) is 6.74. The molecule has 3 heteroatoms. The van der Waals surface area contributed by atoms with E-state index in [4.69, 9.17) is 4.42 Å². The second kappa shape index (κ2) is 7.19. The summed E-state index contributed by atoms with van der Waals surface area (Å²) in [4.78, 5) is 13.2. The predicted octanol–water partition coefficient (Wildman–Crippen LogP) is 7.71. The molecule has 0 saturated carbocycles. The Morgan fingerprint density at radius 2 is 1.12 bits per heavy atom. The van der Waals surface area contributed by atoms with Crippen molar-refractivity contribution in [3.05, 3.63) is 125 Å². The third-order valence-corrected chi connectivity index (χ3v) is 6.60. The van der Waals surface area contributed by atoms with Crippen molar-refractivity contribution in [2.24, 2.45) is 0 Å². The monoisotopic (exact) mass is 437 g/mol. The Balaban J connectivity index is 1.48. The van der Waals surface area contributed by atoms with Crippen LogP contribution in [0.2, 0.25) is 0 Å². The van der Waals surface area contributed by atoms with E-state index in [0.717, 1.165) is 22.3 Å². The zero-order valence-corrected chi connectivity index (χ0v) is 18.2. The van der Waals surface area contributed by atoms with E-state index in [1.165, 1.54) is 16.3 Å². The van der Waals surface area contributed by atoms with E-state index in [1.807, 2.05) is 48.5 Å². The second-order valence-electron chi connectivity index (χ2n) is 8.56. The lowest BCUT2D eigenvalue weighted by Crippen LogP contribution is -2.01. The first-order valence-electron chi connectivity index (χ1n) is 11.3. The lowest BCUT2D eigenvalue weighted by Gasteiger charge is -2.08. The Morgan fingerprint density at radius 3 is 1.97 bits per heavy atom. The normalized spacial score (nSPS) is 11.6. The van der Waals surface area contributed by atoms with E-state index >= 15 is 0 Å². The molecule has 0 aliphatic rings. The van der Waals surface area contributed by atoms with Gasteiger partial charge in [0, 0.05) is 16.5 Å². The van der Waals surface area contributed by atoms with Crippen molar-refractivity contribution in [3.8, 4) is 16.8 Å². The molecular formula is C31H19NO2. The number of rotatable bonds is 2. The summed E-state index contributed by atoms with van der Waals surface area (Å²) in [6, 6.07) is 38.7. The molecule has 2 heterocycles. The first-order chi connectivity index (χ1) is 16.8. The molecule has 2 aromatic heterocycles. The molecule has 0 fully saturated rings. The first kappa shape index (κ1) is 18.9. The lowest BCUT2D eigenvalue weighted by molar-refractivity contribution is 0.660. The molecular weight excluding hydrogens is 418 g/mol. The van der Waals surface area contributed by atoms with E-state index in [0.29, 0.717) is 21.9 Å². The van der Waals surface area contributed by atoms with Gasteiger partial charge in [-0.2, -0.15) is 0 Å². The molecule has 3 nitrogen and oxygen atoms in total. The van der Waals surface area contributed by atoms with Crippen LogP contribution >= 0.6 is 0 Å². The quantitative estimate of drug-likeness (QED) is 0.260. The van der Waals surface area contributed by atoms with E-state index in [9.17, 15) is 4.79 Å². The molecule has 0 amide bonds. The van der Waals surface area contributed by atoms with Gasteiger partial charge in [0.25, 0.3) is 0 Å². The molecule has 5 aromatic carbocycles. The summed E-state index contributed by atoms with van der Waals surface area (Å²) < 4.78 is 8.30. The molecule has 0 aliphatic heterocycles. The highest BCUT2D eigenvalue weighted by Gasteiger charge is 2.14. The standard InChI is InChI=1S/C31H19NO2/c33-31-24-11-5-7-13-29(24)34-30-17-15-21(19-26(30)31)20-14-16-28-25(18-20)23-10-4-6-12-27(23)32(28)22-8-2-1-3-9-22/h1-19H. The number of hydrogen-bond acceptors (Lipinski definition) is 2. The first-order valence-corrected chi connectivity index (χ1v) is 11.3. The molecule has 0 saturated heterocycles. The fourth-order valence-electron chi connectivity index (χ4n) is 4.99. The van der Waals surface area contributed by atoms with Gasteiger partial charge in [-0.25, -0.2) is 0 Å². The fourth-order valence-corrected chi connectivity index (χ4v) is 4.99. The number of para-hydroxylation sites is 3. The number of fused-ring (bicyclic) bond motifs is 5. The molecule has 7 rings (SSSR count). The zero-order chi connectivity index (χ0) is 22.6. The highest BCUT2D eigenvalue weighted by atomic mass is 16.3. The maximum atomic E-state index is 13.2. The van der Waals surface area contributed by atoms with Crippen molar-refractivity contribution in [3.63, 3.8) is 0 Å². The van der Waals surface area contributed by atoms with Crippen LogP contribution in [0.1, 0.15) is 0 Å². The Morgan fingerprint density at radius 1 is 0.500 bits per heavy atom. The van der Waals surface area contributed by atoms with Crippen molar-refractivity contribution in [2.75, 3.05) is 0 Å². The Hall–Kier alpha value is -4.63. The molecule has 7 aromatic rings. The molecule has 0 spiro atoms. The average Bonchev–Trinajstić information content (AvgIpc) is 3.23. The van der Waals surface area contributed by atoms with Crippen LogP contribution in [-0.2, 0) is 0 Å². The van der Waals surface area contributed by atoms with Gasteiger partial charge in [0.15, 0.2) is 0 Å². The minimum Gasteiger partial charge on any atom is -0.456 e. The van der Waals surface area contributed by atoms with Gasteiger partial charge < -0.3 is 8.98 Å². The molecule has 0 aliphatic carbocycles. The van der Waals surface area contributed by atoms with Crippen LogP contribution in [0.3, 0.4) is 0 Å². The maximum Gasteiger partial charge on any atom is 0.200 e. The third-order valence-electron chi connectivity index (χ3n) is 6.60. The molecule has 34 heavy (non-hydrogen) atoms. The van der Waals surface area contributed by atoms with Crippen LogP contribution < -0.4 is 5.43 Å². The Bertz CT molecular complexity index is 1930. The van der Waals surface area contributed by atoms with Crippen LogP contribution in [0.5, 0.6) is 0 Å². The summed E-state index contributed by atoms with van der Waals surface area (Å²) in [6.07, 6.45) is 0. The Labute approximate surface area is 195 Å². The maximum absolute atomic E-state index is 13.2. The summed E-state index contributed by atoms with van der Waals surface area (Å²) >= 11 is 0. The number of hydrogen-bond donors (Lipinski definition) is 0. The van der Waals surface area contributed by atoms with Crippen molar-refractivity contribution in [1.29, 1.82) is 0 Å². The van der Waals surface area contributed by atoms with Crippen LogP contribution in [0.4, 0.5) is 0 Å². The van der Waals surface area contributed by atoms with Gasteiger partial charge in [-0.1, -0.05) is 60.7 Å². The van der Waals surface area contributed by atoms with Crippen molar-refractivity contribution < 1.29 is 4.42 Å². The topological polar surface area (TPSA) is 35.1 Å². The molecule has 0 radical (unpaired) electrons. The Kier molecular flexibility index (Phi) is 4.00. The SMILES string of the molecule is O=c1c2ccccc2oc2ccc(-c3ccc4c(c3)c3ccccc3n4-c3ccccc3)cc12. The molecule has 0 bridgehead atoms. The minimum atomic E-state index is 0.000424. The smallest absolute Gasteiger partial charge is 0.200 e. The average molecular weight is 437 g/mol. The molecule has 0 atom stereocenters. The molecule has 160 valence electrons. The summed E-state index contributed by atoms with van der Waals surface area (Å²) in [6.45, 7) is 0. The highest BCUT2D eigenvalue weighted by molar-refractivity contribution is 6.10. The van der Waals surface area contributed by atoms with Crippen molar-refractivity contribution in [1.82, 2.24) is 4.57 Å². The van der Waals surface area contributed by atoms with Gasteiger partial charge in [-0.3, -0.25) is 4.79 Å². The van der Waals surface area contributed by atoms with E-state index in [2.05, 4.69) is 71.3 Å². The van der Waals surface area contributed by atoms with Gasteiger partial charge in [-0.15, -0.1) is 0 Å². The number of benzene rings is 5. The largest absolute Gasteiger partial charge is 0.456 e. The van der Waals surface area contributed by atoms with Crippen molar-refractivity contribution in [2.45, 2.75) is 0 Å². The van der Waals surface area contributed by atoms with Crippen molar-refractivity contribution >= 4 is 43.7 Å². The summed E-state index contributed by atoms with van der Waals surface area (Å²) in [7, 11) is 0. The van der Waals surface area contributed by atoms with E-state index in [-0.39, 0.29) is 5.43 Å².